The second-order valence-corrected chi connectivity index (χ2v) is 17.5. The first-order chi connectivity index (χ1) is 26.8. The number of nitrogens with one attached hydrogen (secondary N) is 2. The Hall–Kier alpha value is -4.10. The summed E-state index contributed by atoms with van der Waals surface area (Å²) in [6.07, 6.45) is 4.42. The van der Waals surface area contributed by atoms with Gasteiger partial charge in [0.15, 0.2) is 0 Å². The van der Waals surface area contributed by atoms with Crippen LogP contribution in [0.1, 0.15) is 100 Å². The molecule has 0 bridgehead atoms. The van der Waals surface area contributed by atoms with Crippen molar-refractivity contribution in [2.45, 2.75) is 143 Å². The van der Waals surface area contributed by atoms with Crippen LogP contribution in [0, 0.1) is 23.2 Å². The van der Waals surface area contributed by atoms with E-state index in [0.717, 1.165) is 18.4 Å². The van der Waals surface area contributed by atoms with Crippen molar-refractivity contribution in [3.05, 3.63) is 54.4 Å². The van der Waals surface area contributed by atoms with E-state index in [0.29, 0.717) is 18.9 Å². The average Bonchev–Trinajstić information content (AvgIpc) is 3.66. The van der Waals surface area contributed by atoms with Crippen molar-refractivity contribution in [1.82, 2.24) is 25.1 Å². The number of hydrogen-bond acceptors (Lipinski definition) is 10. The normalized spacial score (nSPS) is 18.5. The smallest absolute Gasteiger partial charge is 0.329 e. The van der Waals surface area contributed by atoms with Crippen LogP contribution in [0.5, 0.6) is 0 Å². The summed E-state index contributed by atoms with van der Waals surface area (Å²) in [5.74, 6) is -1.58. The van der Waals surface area contributed by atoms with E-state index in [4.69, 9.17) is 14.2 Å². The Kier molecular flexibility index (Phi) is 17.5. The molecule has 1 aliphatic heterocycles. The van der Waals surface area contributed by atoms with E-state index in [9.17, 15) is 19.2 Å². The minimum Gasteiger partial charge on any atom is -0.458 e. The maximum Gasteiger partial charge on any atom is 0.329 e. The highest BCUT2D eigenvalue weighted by atomic mass is 16.6. The molecule has 0 unspecified atom stereocenters. The van der Waals surface area contributed by atoms with Crippen LogP contribution in [0.15, 0.2) is 48.8 Å². The summed E-state index contributed by atoms with van der Waals surface area (Å²) in [5, 5.41) is 6.19. The second kappa shape index (κ2) is 21.1. The Balaban J connectivity index is 1.81. The van der Waals surface area contributed by atoms with Gasteiger partial charge in [0.2, 0.25) is 23.7 Å². The molecule has 2 N–H and O–H groups in total. The number of nitrogens with zero attached hydrogens (tertiary/aromatic N) is 4. The number of aromatic nitrogens is 2. The summed E-state index contributed by atoms with van der Waals surface area (Å²) in [4.78, 5) is 68.3. The van der Waals surface area contributed by atoms with Gasteiger partial charge in [-0.25, -0.2) is 14.8 Å². The lowest BCUT2D eigenvalue weighted by Crippen LogP contribution is -2.56. The molecule has 13 heteroatoms. The fourth-order valence-electron chi connectivity index (χ4n) is 7.37. The first-order valence-corrected chi connectivity index (χ1v) is 20.5. The molecule has 1 saturated heterocycles. The van der Waals surface area contributed by atoms with Crippen LogP contribution in [0.3, 0.4) is 0 Å². The summed E-state index contributed by atoms with van der Waals surface area (Å²) in [6.45, 7) is 20.1. The average molecular weight is 795 g/mol. The molecule has 8 atom stereocenters. The molecule has 2 heterocycles. The Morgan fingerprint density at radius 1 is 0.947 bits per heavy atom. The van der Waals surface area contributed by atoms with Crippen molar-refractivity contribution in [3.63, 3.8) is 0 Å². The molecular weight excluding hydrogens is 725 g/mol. The van der Waals surface area contributed by atoms with Gasteiger partial charge in [-0.1, -0.05) is 92.1 Å². The van der Waals surface area contributed by atoms with Crippen LogP contribution >= 0.6 is 0 Å². The van der Waals surface area contributed by atoms with Gasteiger partial charge < -0.3 is 34.6 Å². The number of rotatable bonds is 20. The molecule has 3 rings (SSSR count). The first kappa shape index (κ1) is 47.3. The van der Waals surface area contributed by atoms with E-state index >= 15 is 0 Å². The maximum absolute atomic E-state index is 14.3. The molecule has 1 aliphatic rings. The molecular formula is C44H70N6O7. The van der Waals surface area contributed by atoms with Crippen molar-refractivity contribution in [3.8, 4) is 0 Å². The van der Waals surface area contributed by atoms with Gasteiger partial charge in [-0.2, -0.15) is 0 Å². The topological polar surface area (TPSA) is 152 Å². The van der Waals surface area contributed by atoms with E-state index in [2.05, 4.69) is 34.4 Å². The van der Waals surface area contributed by atoms with Crippen LogP contribution in [0.4, 0.5) is 5.95 Å². The van der Waals surface area contributed by atoms with Crippen molar-refractivity contribution >= 4 is 29.6 Å². The van der Waals surface area contributed by atoms with Gasteiger partial charge in [0, 0.05) is 52.0 Å². The van der Waals surface area contributed by atoms with E-state index in [1.807, 2.05) is 78.8 Å². The number of ether oxygens (including phenoxy) is 3. The molecule has 13 nitrogen and oxygen atoms in total. The van der Waals surface area contributed by atoms with Crippen molar-refractivity contribution < 1.29 is 33.4 Å². The minimum atomic E-state index is -0.937. The molecule has 0 saturated carbocycles. The number of carbonyl (C=O) groups excluding carboxylic acids is 4. The van der Waals surface area contributed by atoms with Gasteiger partial charge in [0.25, 0.3) is 0 Å². The predicted octanol–water partition coefficient (Wildman–Crippen LogP) is 5.93. The van der Waals surface area contributed by atoms with E-state index in [-0.39, 0.29) is 53.9 Å². The highest BCUT2D eigenvalue weighted by molar-refractivity contribution is 5.87. The fourth-order valence-corrected chi connectivity index (χ4v) is 7.37. The lowest BCUT2D eigenvalue weighted by atomic mass is 9.79. The zero-order chi connectivity index (χ0) is 42.7. The molecule has 0 spiro atoms. The van der Waals surface area contributed by atoms with Gasteiger partial charge in [0.1, 0.15) is 17.7 Å². The Morgan fingerprint density at radius 3 is 2.12 bits per heavy atom. The number of likely N-dealkylation sites (N-methyl/N-ethyl adjacent to an activating group) is 1. The number of amides is 3. The lowest BCUT2D eigenvalue weighted by Gasteiger charge is -2.41. The summed E-state index contributed by atoms with van der Waals surface area (Å²) < 4.78 is 18.1. The lowest BCUT2D eigenvalue weighted by molar-refractivity contribution is -0.171. The molecule has 3 amide bonds. The summed E-state index contributed by atoms with van der Waals surface area (Å²) in [7, 11) is 4.89. The summed E-state index contributed by atoms with van der Waals surface area (Å²) in [5.41, 5.74) is -0.257. The number of likely N-dealkylation sites (tertiary alicyclic amines) is 1. The number of hydrogen-bond donors (Lipinski definition) is 2. The zero-order valence-electron chi connectivity index (χ0n) is 36.7. The summed E-state index contributed by atoms with van der Waals surface area (Å²) in [6, 6.07) is 8.89. The molecule has 1 aromatic heterocycles. The second-order valence-electron chi connectivity index (χ2n) is 17.5. The summed E-state index contributed by atoms with van der Waals surface area (Å²) >= 11 is 0. The van der Waals surface area contributed by atoms with Crippen LogP contribution in [0.2, 0.25) is 0 Å². The molecule has 1 aromatic carbocycles. The van der Waals surface area contributed by atoms with Gasteiger partial charge in [-0.05, 0) is 50.2 Å². The van der Waals surface area contributed by atoms with Gasteiger partial charge in [-0.3, -0.25) is 14.4 Å². The monoisotopic (exact) mass is 795 g/mol. The van der Waals surface area contributed by atoms with Gasteiger partial charge >= 0.3 is 5.97 Å². The third-order valence-corrected chi connectivity index (χ3v) is 12.1. The SMILES string of the molecule is CC[C@H](C)[C@@H]([C@@H](CC(=O)N1CCC[C@H]1[C@H](OC)[C@@H](C)C(=O)N[C@@H](Cc1ccccc1)C(=O)OC(C)(C)C(C)(C)C)OC)N(C)C(=O)[C@@H](Nc1ncccn1)C(C)C. The standard InChI is InChI=1S/C44H70N6O7/c1-14-29(4)37(49(11)40(53)36(28(2)3)48-42-45-23-19-24-46-42)34(55-12)27-35(51)50-25-18-22-33(50)38(56-13)30(5)39(52)47-32(26-31-20-16-15-17-21-31)41(54)57-44(9,10)43(6,7)8/h15-17,19-21,23-24,28-30,32-34,36-38H,14,18,22,25-27H2,1-13H3,(H,47,52)(H,45,46,48)/t29-,30+,32-,33-,34+,36-,37-,38+/m0/s1. The number of esters is 1. The third-order valence-electron chi connectivity index (χ3n) is 12.1. The number of methoxy groups -OCH3 is 2. The van der Waals surface area contributed by atoms with Crippen LogP contribution < -0.4 is 10.6 Å². The Bertz CT molecular complexity index is 1580. The van der Waals surface area contributed by atoms with Crippen LogP contribution in [-0.4, -0.2) is 113 Å². The van der Waals surface area contributed by atoms with Crippen molar-refractivity contribution in [1.29, 1.82) is 0 Å². The third kappa shape index (κ3) is 12.4. The largest absolute Gasteiger partial charge is 0.458 e. The Morgan fingerprint density at radius 2 is 1.58 bits per heavy atom. The van der Waals surface area contributed by atoms with Gasteiger partial charge in [0.05, 0.1) is 36.6 Å². The Labute approximate surface area is 341 Å². The molecule has 57 heavy (non-hydrogen) atoms. The van der Waals surface area contributed by atoms with E-state index < -0.39 is 47.8 Å². The molecule has 318 valence electrons. The number of anilines is 1. The van der Waals surface area contributed by atoms with Crippen LogP contribution in [-0.2, 0) is 39.8 Å². The quantitative estimate of drug-likeness (QED) is 0.154. The molecule has 0 radical (unpaired) electrons. The van der Waals surface area contributed by atoms with Crippen molar-refractivity contribution in [2.75, 3.05) is 33.1 Å². The minimum absolute atomic E-state index is 0.00630. The molecule has 0 aliphatic carbocycles. The van der Waals surface area contributed by atoms with E-state index in [1.165, 1.54) is 0 Å². The maximum atomic E-state index is 14.3. The predicted molar refractivity (Wildman–Crippen MR) is 222 cm³/mol. The molecule has 2 aromatic rings. The first-order valence-electron chi connectivity index (χ1n) is 20.5. The van der Waals surface area contributed by atoms with Crippen molar-refractivity contribution in [2.24, 2.45) is 23.2 Å². The molecule has 1 fully saturated rings. The number of benzene rings is 1. The van der Waals surface area contributed by atoms with Crippen LogP contribution in [0.25, 0.3) is 0 Å². The highest BCUT2D eigenvalue weighted by Crippen LogP contribution is 2.34. The van der Waals surface area contributed by atoms with E-state index in [1.54, 1.807) is 56.5 Å². The number of carbonyl (C=O) groups is 4. The fraction of sp³-hybridized carbons (Fsp3) is 0.682. The zero-order valence-corrected chi connectivity index (χ0v) is 36.7. The highest BCUT2D eigenvalue weighted by Gasteiger charge is 2.44. The van der Waals surface area contributed by atoms with Gasteiger partial charge in [-0.15, -0.1) is 0 Å².